The molecule has 0 aliphatic heterocycles. The molecule has 22 heavy (non-hydrogen) atoms. The molecular weight excluding hydrogens is 278 g/mol. The zero-order chi connectivity index (χ0) is 15.6. The van der Waals surface area contributed by atoms with E-state index >= 15 is 0 Å². The van der Waals surface area contributed by atoms with Gasteiger partial charge in [-0.3, -0.25) is 4.79 Å². The fourth-order valence-corrected chi connectivity index (χ4v) is 2.23. The fraction of sp³-hybridized carbons (Fsp3) is 0.412. The summed E-state index contributed by atoms with van der Waals surface area (Å²) in [6, 6.07) is 7.59. The Labute approximate surface area is 131 Å². The van der Waals surface area contributed by atoms with E-state index in [1.807, 2.05) is 36.8 Å². The van der Waals surface area contributed by atoms with Crippen molar-refractivity contribution < 1.29 is 9.53 Å². The Morgan fingerprint density at radius 2 is 2.05 bits per heavy atom. The van der Waals surface area contributed by atoms with Crippen molar-refractivity contribution in [1.29, 1.82) is 0 Å². The van der Waals surface area contributed by atoms with E-state index in [0.717, 1.165) is 43.7 Å². The van der Waals surface area contributed by atoms with Gasteiger partial charge < -0.3 is 14.6 Å². The molecule has 5 heteroatoms. The Balaban J connectivity index is 1.55. The van der Waals surface area contributed by atoms with Crippen LogP contribution in [0.15, 0.2) is 43.0 Å². The summed E-state index contributed by atoms with van der Waals surface area (Å²) in [6.45, 7) is 1.72. The van der Waals surface area contributed by atoms with Gasteiger partial charge in [0.15, 0.2) is 0 Å². The molecule has 0 unspecified atom stereocenters. The van der Waals surface area contributed by atoms with Crippen molar-refractivity contribution in [2.75, 3.05) is 13.7 Å². The van der Waals surface area contributed by atoms with Gasteiger partial charge in [0.2, 0.25) is 5.91 Å². The Hall–Kier alpha value is -2.30. The third kappa shape index (κ3) is 5.60. The van der Waals surface area contributed by atoms with Crippen molar-refractivity contribution in [2.24, 2.45) is 0 Å². The summed E-state index contributed by atoms with van der Waals surface area (Å²) < 4.78 is 7.17. The molecule has 0 fully saturated rings. The van der Waals surface area contributed by atoms with E-state index in [2.05, 4.69) is 14.9 Å². The van der Waals surface area contributed by atoms with Crippen molar-refractivity contribution in [2.45, 2.75) is 32.2 Å². The number of hydrogen-bond acceptors (Lipinski definition) is 3. The van der Waals surface area contributed by atoms with Crippen LogP contribution in [0.5, 0.6) is 5.75 Å². The number of rotatable bonds is 9. The molecule has 0 bridgehead atoms. The van der Waals surface area contributed by atoms with Crippen LogP contribution in [-0.2, 0) is 17.8 Å². The highest BCUT2D eigenvalue weighted by Gasteiger charge is 2.03. The molecule has 1 heterocycles. The van der Waals surface area contributed by atoms with Gasteiger partial charge in [-0.2, -0.15) is 0 Å². The zero-order valence-electron chi connectivity index (χ0n) is 13.0. The molecule has 0 aliphatic rings. The van der Waals surface area contributed by atoms with Crippen molar-refractivity contribution in [3.05, 3.63) is 48.5 Å². The van der Waals surface area contributed by atoms with Gasteiger partial charge in [0, 0.05) is 25.5 Å². The van der Waals surface area contributed by atoms with E-state index in [0.29, 0.717) is 6.42 Å². The first-order valence-electron chi connectivity index (χ1n) is 7.63. The highest BCUT2D eigenvalue weighted by molar-refractivity contribution is 5.78. The maximum atomic E-state index is 11.8. The zero-order valence-corrected chi connectivity index (χ0v) is 13.0. The lowest BCUT2D eigenvalue weighted by molar-refractivity contribution is -0.120. The normalized spacial score (nSPS) is 10.4. The minimum Gasteiger partial charge on any atom is -0.497 e. The summed E-state index contributed by atoms with van der Waals surface area (Å²) in [5.74, 6) is 0.877. The third-order valence-electron chi connectivity index (χ3n) is 3.50. The van der Waals surface area contributed by atoms with Crippen LogP contribution < -0.4 is 10.1 Å². The molecular formula is C17H23N3O2. The maximum Gasteiger partial charge on any atom is 0.224 e. The Morgan fingerprint density at radius 3 is 2.73 bits per heavy atom. The average Bonchev–Trinajstić information content (AvgIpc) is 3.05. The SMILES string of the molecule is COc1ccc(CC(=O)NCCCCCn2ccnc2)cc1. The van der Waals surface area contributed by atoms with Gasteiger partial charge in [-0.15, -0.1) is 0 Å². The summed E-state index contributed by atoms with van der Waals surface area (Å²) in [6.07, 6.45) is 9.21. The minimum atomic E-state index is 0.0692. The molecule has 1 N–H and O–H groups in total. The first-order chi connectivity index (χ1) is 10.8. The number of methoxy groups -OCH3 is 1. The average molecular weight is 301 g/mol. The number of imidazole rings is 1. The first kappa shape index (κ1) is 16.1. The van der Waals surface area contributed by atoms with Gasteiger partial charge >= 0.3 is 0 Å². The molecule has 2 aromatic rings. The monoisotopic (exact) mass is 301 g/mol. The lowest BCUT2D eigenvalue weighted by Crippen LogP contribution is -2.26. The molecule has 1 aromatic heterocycles. The molecule has 0 radical (unpaired) electrons. The van der Waals surface area contributed by atoms with Crippen molar-refractivity contribution in [3.63, 3.8) is 0 Å². The number of carbonyl (C=O) groups excluding carboxylic acids is 1. The molecule has 5 nitrogen and oxygen atoms in total. The molecule has 0 saturated heterocycles. The highest BCUT2D eigenvalue weighted by atomic mass is 16.5. The third-order valence-corrected chi connectivity index (χ3v) is 3.50. The minimum absolute atomic E-state index is 0.0692. The molecule has 0 atom stereocenters. The fourth-order valence-electron chi connectivity index (χ4n) is 2.23. The number of hydrogen-bond donors (Lipinski definition) is 1. The molecule has 1 aromatic carbocycles. The predicted molar refractivity (Wildman–Crippen MR) is 85.8 cm³/mol. The Bertz CT molecular complexity index is 550. The van der Waals surface area contributed by atoms with Gasteiger partial charge in [0.25, 0.3) is 0 Å². The number of carbonyl (C=O) groups is 1. The largest absolute Gasteiger partial charge is 0.497 e. The lowest BCUT2D eigenvalue weighted by atomic mass is 10.1. The van der Waals surface area contributed by atoms with Crippen molar-refractivity contribution >= 4 is 5.91 Å². The second-order valence-electron chi connectivity index (χ2n) is 5.24. The molecule has 2 rings (SSSR count). The molecule has 118 valence electrons. The van der Waals surface area contributed by atoms with E-state index in [1.165, 1.54) is 0 Å². The number of benzene rings is 1. The highest BCUT2D eigenvalue weighted by Crippen LogP contribution is 2.11. The summed E-state index contributed by atoms with van der Waals surface area (Å²) in [5, 5.41) is 2.96. The number of aryl methyl sites for hydroxylation is 1. The maximum absolute atomic E-state index is 11.8. The van der Waals surface area contributed by atoms with E-state index < -0.39 is 0 Å². The van der Waals surface area contributed by atoms with E-state index in [9.17, 15) is 4.79 Å². The van der Waals surface area contributed by atoms with Crippen LogP contribution in [-0.4, -0.2) is 29.1 Å². The molecule has 0 saturated carbocycles. The number of nitrogens with zero attached hydrogens (tertiary/aromatic N) is 2. The van der Waals surface area contributed by atoms with Crippen LogP contribution in [0.25, 0.3) is 0 Å². The van der Waals surface area contributed by atoms with Crippen LogP contribution in [0.1, 0.15) is 24.8 Å². The number of nitrogens with one attached hydrogen (secondary N) is 1. The van der Waals surface area contributed by atoms with Crippen LogP contribution in [0, 0.1) is 0 Å². The second-order valence-corrected chi connectivity index (χ2v) is 5.24. The second kappa shape index (κ2) is 8.87. The summed E-state index contributed by atoms with van der Waals surface area (Å²) in [7, 11) is 1.63. The van der Waals surface area contributed by atoms with E-state index in [1.54, 1.807) is 13.3 Å². The number of amides is 1. The first-order valence-corrected chi connectivity index (χ1v) is 7.63. The van der Waals surface area contributed by atoms with Gasteiger partial charge in [-0.05, 0) is 37.0 Å². The summed E-state index contributed by atoms with van der Waals surface area (Å²) in [5.41, 5.74) is 0.999. The summed E-state index contributed by atoms with van der Waals surface area (Å²) >= 11 is 0. The van der Waals surface area contributed by atoms with Crippen LogP contribution in [0.4, 0.5) is 0 Å². The Morgan fingerprint density at radius 1 is 1.23 bits per heavy atom. The smallest absolute Gasteiger partial charge is 0.224 e. The molecule has 0 aliphatic carbocycles. The standard InChI is InChI=1S/C17H23N3O2/c1-22-16-7-5-15(6-8-16)13-17(21)19-9-3-2-4-11-20-12-10-18-14-20/h5-8,10,12,14H,2-4,9,11,13H2,1H3,(H,19,21). The van der Waals surface area contributed by atoms with Crippen LogP contribution in [0.3, 0.4) is 0 Å². The van der Waals surface area contributed by atoms with Gasteiger partial charge in [0.05, 0.1) is 19.9 Å². The quantitative estimate of drug-likeness (QED) is 0.724. The van der Waals surface area contributed by atoms with E-state index in [-0.39, 0.29) is 5.91 Å². The molecule has 0 spiro atoms. The molecule has 1 amide bonds. The predicted octanol–water partition coefficient (Wildman–Crippen LogP) is 2.42. The van der Waals surface area contributed by atoms with Crippen LogP contribution in [0.2, 0.25) is 0 Å². The van der Waals surface area contributed by atoms with Gasteiger partial charge in [-0.1, -0.05) is 12.1 Å². The lowest BCUT2D eigenvalue weighted by Gasteiger charge is -2.06. The van der Waals surface area contributed by atoms with Gasteiger partial charge in [-0.25, -0.2) is 4.98 Å². The topological polar surface area (TPSA) is 56.1 Å². The van der Waals surface area contributed by atoms with Crippen molar-refractivity contribution in [3.8, 4) is 5.75 Å². The van der Waals surface area contributed by atoms with Crippen molar-refractivity contribution in [1.82, 2.24) is 14.9 Å². The van der Waals surface area contributed by atoms with Crippen LogP contribution >= 0.6 is 0 Å². The number of aromatic nitrogens is 2. The van der Waals surface area contributed by atoms with E-state index in [4.69, 9.17) is 4.74 Å². The Kier molecular flexibility index (Phi) is 6.48. The number of ether oxygens (including phenoxy) is 1. The number of unbranched alkanes of at least 4 members (excludes halogenated alkanes) is 2. The summed E-state index contributed by atoms with van der Waals surface area (Å²) in [4.78, 5) is 15.8. The van der Waals surface area contributed by atoms with Gasteiger partial charge in [0.1, 0.15) is 5.75 Å².